The summed E-state index contributed by atoms with van der Waals surface area (Å²) in [4.78, 5) is 59.3. The molecule has 7 rings (SSSR count). The van der Waals surface area contributed by atoms with E-state index in [1.54, 1.807) is 13.2 Å². The van der Waals surface area contributed by atoms with Gasteiger partial charge in [0.25, 0.3) is 11.5 Å². The number of piperazine rings is 1. The molecule has 4 aliphatic heterocycles. The van der Waals surface area contributed by atoms with Gasteiger partial charge in [0.15, 0.2) is 0 Å². The van der Waals surface area contributed by atoms with E-state index in [2.05, 4.69) is 90.7 Å². The Balaban J connectivity index is 0.884. The summed E-state index contributed by atoms with van der Waals surface area (Å²) in [5.74, 6) is -0.228. The molecule has 0 saturated carbocycles. The second kappa shape index (κ2) is 15.5. The van der Waals surface area contributed by atoms with Crippen LogP contribution in [0, 0.1) is 6.92 Å². The zero-order valence-corrected chi connectivity index (χ0v) is 31.9. The number of carbonyl (C=O) groups excluding carboxylic acids is 3. The topological polar surface area (TPSA) is 123 Å². The van der Waals surface area contributed by atoms with Gasteiger partial charge >= 0.3 is 0 Å². The van der Waals surface area contributed by atoms with Crippen LogP contribution in [0.1, 0.15) is 71.0 Å². The van der Waals surface area contributed by atoms with E-state index < -0.39 is 0 Å². The molecule has 52 heavy (non-hydrogen) atoms. The minimum atomic E-state index is -0.261. The van der Waals surface area contributed by atoms with Crippen molar-refractivity contribution in [3.63, 3.8) is 0 Å². The van der Waals surface area contributed by atoms with Crippen LogP contribution < -0.4 is 21.1 Å². The van der Waals surface area contributed by atoms with Gasteiger partial charge in [-0.15, -0.1) is 0 Å². The van der Waals surface area contributed by atoms with Gasteiger partial charge in [-0.25, -0.2) is 4.68 Å². The largest absolute Gasteiger partial charge is 0.379 e. The Morgan fingerprint density at radius 1 is 0.923 bits per heavy atom. The van der Waals surface area contributed by atoms with E-state index in [0.717, 1.165) is 88.3 Å². The number of likely N-dealkylation sites (tertiary alicyclic amines) is 2. The minimum absolute atomic E-state index is 0.106. The lowest BCUT2D eigenvalue weighted by molar-refractivity contribution is -0.134. The van der Waals surface area contributed by atoms with E-state index >= 15 is 0 Å². The van der Waals surface area contributed by atoms with Crippen LogP contribution in [0.4, 0.5) is 11.4 Å². The molecule has 276 valence electrons. The third kappa shape index (κ3) is 7.81. The Labute approximate surface area is 313 Å². The van der Waals surface area contributed by atoms with Crippen LogP contribution in [0.5, 0.6) is 0 Å². The van der Waals surface area contributed by atoms with Crippen LogP contribution >= 0.6 is 15.9 Å². The predicted octanol–water partition coefficient (Wildman–Crippen LogP) is 3.70. The summed E-state index contributed by atoms with van der Waals surface area (Å²) >= 11 is 3.43. The van der Waals surface area contributed by atoms with Crippen LogP contribution in [0.15, 0.2) is 57.9 Å². The molecule has 4 saturated heterocycles. The normalized spacial score (nSPS) is 23.8. The molecule has 1 aromatic heterocycles. The van der Waals surface area contributed by atoms with Gasteiger partial charge in [-0.05, 0) is 102 Å². The van der Waals surface area contributed by atoms with Gasteiger partial charge in [-0.1, -0.05) is 18.2 Å². The van der Waals surface area contributed by atoms with Crippen molar-refractivity contribution in [1.29, 1.82) is 0 Å². The van der Waals surface area contributed by atoms with Crippen molar-refractivity contribution in [3.8, 4) is 0 Å². The Morgan fingerprint density at radius 3 is 2.35 bits per heavy atom. The molecule has 0 bridgehead atoms. The molecule has 13 heteroatoms. The number of amides is 3. The van der Waals surface area contributed by atoms with Crippen molar-refractivity contribution >= 4 is 45.0 Å². The number of hydrogen-bond donors (Lipinski definition) is 2. The van der Waals surface area contributed by atoms with Crippen molar-refractivity contribution in [3.05, 3.63) is 85.7 Å². The first-order chi connectivity index (χ1) is 25.0. The summed E-state index contributed by atoms with van der Waals surface area (Å²) in [6.07, 6.45) is 5.51. The van der Waals surface area contributed by atoms with Crippen molar-refractivity contribution < 1.29 is 14.4 Å². The maximum Gasteiger partial charge on any atom is 0.282 e. The molecule has 0 radical (unpaired) electrons. The van der Waals surface area contributed by atoms with Gasteiger partial charge in [-0.2, -0.15) is 5.10 Å². The van der Waals surface area contributed by atoms with E-state index in [-0.39, 0.29) is 35.2 Å². The summed E-state index contributed by atoms with van der Waals surface area (Å²) in [6.45, 7) is 9.23. The Kier molecular flexibility index (Phi) is 10.8. The standard InChI is InChI=1S/C39H49BrN8O4/c1-25-20-31(8-9-32(25)33-10-11-35(49)43-37(33)50)47-18-16-46(17-19-47)30-12-14-48(15-13-30)38(51)27-6-4-26(5-7-27)28-21-29(24-44(2)23-28)42-34-22-41-45(3)39(52)36(34)40/h4-9,20,22,28-30,33,42H,10-19,21,23-24H2,1-3H3,(H,43,49,50). The highest BCUT2D eigenvalue weighted by atomic mass is 79.9. The van der Waals surface area contributed by atoms with Crippen LogP contribution in [0.3, 0.4) is 0 Å². The molecule has 12 nitrogen and oxygen atoms in total. The number of nitrogens with one attached hydrogen (secondary N) is 2. The van der Waals surface area contributed by atoms with E-state index in [1.165, 1.54) is 15.9 Å². The fraction of sp³-hybridized carbons (Fsp3) is 0.513. The van der Waals surface area contributed by atoms with Gasteiger partial charge in [0.2, 0.25) is 11.8 Å². The monoisotopic (exact) mass is 772 g/mol. The fourth-order valence-electron chi connectivity index (χ4n) is 8.59. The van der Waals surface area contributed by atoms with Gasteiger partial charge in [0.1, 0.15) is 4.47 Å². The number of rotatable bonds is 7. The highest BCUT2D eigenvalue weighted by Crippen LogP contribution is 2.32. The third-order valence-electron chi connectivity index (χ3n) is 11.5. The molecule has 2 N–H and O–H groups in total. The number of imide groups is 1. The lowest BCUT2D eigenvalue weighted by atomic mass is 9.87. The maximum absolute atomic E-state index is 13.6. The van der Waals surface area contributed by atoms with Crippen molar-refractivity contribution in [1.82, 2.24) is 29.8 Å². The number of hydrogen-bond acceptors (Lipinski definition) is 9. The SMILES string of the molecule is Cc1cc(N2CCN(C3CCN(C(=O)c4ccc(C5CC(Nc6cnn(C)c(=O)c6Br)CN(C)C5)cc4)CC3)CC2)ccc1C1CCC(=O)NC1=O. The van der Waals surface area contributed by atoms with E-state index in [4.69, 9.17) is 0 Å². The zero-order valence-electron chi connectivity index (χ0n) is 30.3. The predicted molar refractivity (Wildman–Crippen MR) is 205 cm³/mol. The highest BCUT2D eigenvalue weighted by Gasteiger charge is 2.32. The van der Waals surface area contributed by atoms with Crippen molar-refractivity contribution in [2.45, 2.75) is 62.9 Å². The number of aryl methyl sites for hydroxylation is 2. The Bertz CT molecular complexity index is 1870. The van der Waals surface area contributed by atoms with Crippen molar-refractivity contribution in [2.75, 3.05) is 69.6 Å². The summed E-state index contributed by atoms with van der Waals surface area (Å²) in [5, 5.41) is 10.2. The smallest absolute Gasteiger partial charge is 0.282 e. The number of aromatic nitrogens is 2. The van der Waals surface area contributed by atoms with Crippen LogP contribution in [0.25, 0.3) is 0 Å². The number of nitrogens with zero attached hydrogens (tertiary/aromatic N) is 6. The molecule has 3 unspecified atom stereocenters. The molecular weight excluding hydrogens is 724 g/mol. The van der Waals surface area contributed by atoms with Gasteiger partial charge in [0, 0.05) is 89.2 Å². The van der Waals surface area contributed by atoms with E-state index in [1.807, 2.05) is 17.0 Å². The van der Waals surface area contributed by atoms with Crippen molar-refractivity contribution in [2.24, 2.45) is 7.05 Å². The average molecular weight is 774 g/mol. The summed E-state index contributed by atoms with van der Waals surface area (Å²) in [7, 11) is 3.75. The second-order valence-electron chi connectivity index (χ2n) is 15.0. The quantitative estimate of drug-likeness (QED) is 0.347. The fourth-order valence-corrected chi connectivity index (χ4v) is 9.07. The molecule has 5 heterocycles. The summed E-state index contributed by atoms with van der Waals surface area (Å²) in [6, 6.07) is 15.2. The molecule has 3 atom stereocenters. The van der Waals surface area contributed by atoms with E-state index in [0.29, 0.717) is 35.0 Å². The summed E-state index contributed by atoms with van der Waals surface area (Å²) < 4.78 is 1.81. The molecule has 0 aliphatic carbocycles. The zero-order chi connectivity index (χ0) is 36.5. The van der Waals surface area contributed by atoms with Crippen LogP contribution in [-0.2, 0) is 16.6 Å². The molecule has 0 spiro atoms. The number of piperidine rings is 3. The summed E-state index contributed by atoms with van der Waals surface area (Å²) in [5.41, 5.74) is 5.78. The lowest BCUT2D eigenvalue weighted by Gasteiger charge is -2.43. The number of likely N-dealkylation sites (N-methyl/N-ethyl adjacent to an activating group) is 1. The first-order valence-corrected chi connectivity index (χ1v) is 19.3. The van der Waals surface area contributed by atoms with Gasteiger partial charge < -0.3 is 20.0 Å². The first-order valence-electron chi connectivity index (χ1n) is 18.5. The Morgan fingerprint density at radius 2 is 1.65 bits per heavy atom. The third-order valence-corrected chi connectivity index (χ3v) is 12.3. The van der Waals surface area contributed by atoms with Crippen LogP contribution in [0.2, 0.25) is 0 Å². The second-order valence-corrected chi connectivity index (χ2v) is 15.8. The molecule has 4 fully saturated rings. The first kappa shape index (κ1) is 36.3. The minimum Gasteiger partial charge on any atom is -0.379 e. The lowest BCUT2D eigenvalue weighted by Crippen LogP contribution is -2.53. The maximum atomic E-state index is 13.6. The molecule has 2 aromatic carbocycles. The number of anilines is 2. The van der Waals surface area contributed by atoms with E-state index in [9.17, 15) is 19.2 Å². The van der Waals surface area contributed by atoms with Gasteiger partial charge in [0.05, 0.1) is 17.8 Å². The number of carbonyl (C=O) groups is 3. The van der Waals surface area contributed by atoms with Gasteiger partial charge in [-0.3, -0.25) is 29.4 Å². The highest BCUT2D eigenvalue weighted by molar-refractivity contribution is 9.10. The van der Waals surface area contributed by atoms with Crippen LogP contribution in [-0.4, -0.2) is 114 Å². The molecule has 3 amide bonds. The molecule has 3 aromatic rings. The number of halogens is 1. The molecular formula is C39H49BrN8O4. The average Bonchev–Trinajstić information content (AvgIpc) is 3.15. The molecule has 4 aliphatic rings. The Hall–Kier alpha value is -4.07. The number of benzene rings is 2.